The molecule has 0 spiro atoms. The van der Waals surface area contributed by atoms with Crippen LogP contribution in [-0.4, -0.2) is 17.1 Å². The molecule has 0 aromatic heterocycles. The summed E-state index contributed by atoms with van der Waals surface area (Å²) < 4.78 is 0. The molecule has 1 aromatic rings. The lowest BCUT2D eigenvalue weighted by Gasteiger charge is -2.17. The molecule has 19 heavy (non-hydrogen) atoms. The number of rotatable bonds is 2. The Kier molecular flexibility index (Phi) is 4.46. The van der Waals surface area contributed by atoms with Crippen LogP contribution in [0.3, 0.4) is 0 Å². The minimum absolute atomic E-state index is 0.0690. The van der Waals surface area contributed by atoms with Crippen LogP contribution in [0.5, 0.6) is 5.75 Å². The number of aromatic hydroxyl groups is 1. The van der Waals surface area contributed by atoms with Gasteiger partial charge >= 0.3 is 0 Å². The molecule has 0 bridgehead atoms. The number of phenolic OH excluding ortho intramolecular Hbond substituents is 1. The molecule has 1 aromatic carbocycles. The standard InChI is InChI=1S/C16H23NO2/c1-11-4-3-5-13(8-6-11)17-16(19)14-9-7-12(2)10-15(14)18/h7,9-11,13,18H,3-6,8H2,1-2H3,(H,17,19). The number of phenols is 1. The topological polar surface area (TPSA) is 49.3 Å². The summed E-state index contributed by atoms with van der Waals surface area (Å²) in [6.07, 6.45) is 5.68. The third-order valence-electron chi connectivity index (χ3n) is 3.99. The molecule has 1 fully saturated rings. The van der Waals surface area contributed by atoms with E-state index in [2.05, 4.69) is 12.2 Å². The van der Waals surface area contributed by atoms with E-state index in [0.717, 1.165) is 24.3 Å². The molecular formula is C16H23NO2. The number of hydrogen-bond acceptors (Lipinski definition) is 2. The number of hydrogen-bond donors (Lipinski definition) is 2. The van der Waals surface area contributed by atoms with Crippen LogP contribution in [0.25, 0.3) is 0 Å². The summed E-state index contributed by atoms with van der Waals surface area (Å²) in [6.45, 7) is 4.17. The molecule has 1 amide bonds. The van der Waals surface area contributed by atoms with Gasteiger partial charge in [0.1, 0.15) is 5.75 Å². The van der Waals surface area contributed by atoms with Gasteiger partial charge in [0.05, 0.1) is 5.56 Å². The van der Waals surface area contributed by atoms with Gasteiger partial charge < -0.3 is 10.4 Å². The molecule has 2 unspecified atom stereocenters. The maximum absolute atomic E-state index is 12.2. The summed E-state index contributed by atoms with van der Waals surface area (Å²) in [5.74, 6) is 0.672. The lowest BCUT2D eigenvalue weighted by molar-refractivity contribution is 0.0930. The fraction of sp³-hybridized carbons (Fsp3) is 0.562. The normalized spacial score (nSPS) is 23.7. The molecule has 1 aliphatic rings. The third-order valence-corrected chi connectivity index (χ3v) is 3.99. The predicted molar refractivity (Wildman–Crippen MR) is 76.3 cm³/mol. The first-order chi connectivity index (χ1) is 9.06. The van der Waals surface area contributed by atoms with Crippen LogP contribution in [0.2, 0.25) is 0 Å². The van der Waals surface area contributed by atoms with E-state index < -0.39 is 0 Å². The molecule has 2 N–H and O–H groups in total. The van der Waals surface area contributed by atoms with Crippen molar-refractivity contribution in [1.29, 1.82) is 0 Å². The summed E-state index contributed by atoms with van der Waals surface area (Å²) in [6, 6.07) is 5.42. The average Bonchev–Trinajstić information content (AvgIpc) is 2.54. The van der Waals surface area contributed by atoms with Crippen molar-refractivity contribution in [2.75, 3.05) is 0 Å². The van der Waals surface area contributed by atoms with Crippen LogP contribution in [0.1, 0.15) is 54.9 Å². The largest absolute Gasteiger partial charge is 0.507 e. The molecule has 0 saturated heterocycles. The summed E-state index contributed by atoms with van der Waals surface area (Å²) in [7, 11) is 0. The monoisotopic (exact) mass is 261 g/mol. The third kappa shape index (κ3) is 3.72. The summed E-state index contributed by atoms with van der Waals surface area (Å²) in [5, 5.41) is 12.9. The van der Waals surface area contributed by atoms with E-state index in [1.54, 1.807) is 12.1 Å². The number of nitrogens with one attached hydrogen (secondary N) is 1. The van der Waals surface area contributed by atoms with Gasteiger partial charge in [-0.3, -0.25) is 4.79 Å². The Morgan fingerprint density at radius 2 is 2.05 bits per heavy atom. The van der Waals surface area contributed by atoms with Crippen LogP contribution in [0.4, 0.5) is 0 Å². The second-order valence-electron chi connectivity index (χ2n) is 5.80. The molecule has 1 aliphatic carbocycles. The van der Waals surface area contributed by atoms with Gasteiger partial charge in [0.2, 0.25) is 0 Å². The molecule has 3 heteroatoms. The number of aryl methyl sites for hydroxylation is 1. The van der Waals surface area contributed by atoms with E-state index in [1.165, 1.54) is 19.3 Å². The van der Waals surface area contributed by atoms with E-state index in [-0.39, 0.29) is 17.7 Å². The maximum Gasteiger partial charge on any atom is 0.255 e. The predicted octanol–water partition coefficient (Wildman–Crippen LogP) is 3.40. The molecule has 0 aliphatic heterocycles. The van der Waals surface area contributed by atoms with E-state index in [9.17, 15) is 9.90 Å². The number of carbonyl (C=O) groups excluding carboxylic acids is 1. The van der Waals surface area contributed by atoms with Gasteiger partial charge in [-0.25, -0.2) is 0 Å². The molecule has 2 rings (SSSR count). The Bertz CT molecular complexity index is 456. The maximum atomic E-state index is 12.2. The van der Waals surface area contributed by atoms with Crippen LogP contribution >= 0.6 is 0 Å². The Morgan fingerprint density at radius 3 is 2.79 bits per heavy atom. The lowest BCUT2D eigenvalue weighted by Crippen LogP contribution is -2.34. The smallest absolute Gasteiger partial charge is 0.255 e. The van der Waals surface area contributed by atoms with Gasteiger partial charge in [0.25, 0.3) is 5.91 Å². The average molecular weight is 261 g/mol. The molecule has 1 saturated carbocycles. The second-order valence-corrected chi connectivity index (χ2v) is 5.80. The lowest BCUT2D eigenvalue weighted by atomic mass is 10.0. The Morgan fingerprint density at radius 1 is 1.26 bits per heavy atom. The van der Waals surface area contributed by atoms with E-state index in [1.807, 2.05) is 13.0 Å². The SMILES string of the molecule is Cc1ccc(C(=O)NC2CCCC(C)CC2)c(O)c1. The van der Waals surface area contributed by atoms with Crippen LogP contribution in [0, 0.1) is 12.8 Å². The van der Waals surface area contributed by atoms with Gasteiger partial charge in [0, 0.05) is 6.04 Å². The van der Waals surface area contributed by atoms with E-state index >= 15 is 0 Å². The molecule has 0 heterocycles. The highest BCUT2D eigenvalue weighted by Gasteiger charge is 2.19. The summed E-state index contributed by atoms with van der Waals surface area (Å²) >= 11 is 0. The van der Waals surface area contributed by atoms with Crippen molar-refractivity contribution < 1.29 is 9.90 Å². The molecule has 104 valence electrons. The van der Waals surface area contributed by atoms with Gasteiger partial charge in [-0.15, -0.1) is 0 Å². The minimum Gasteiger partial charge on any atom is -0.507 e. The van der Waals surface area contributed by atoms with Crippen LogP contribution < -0.4 is 5.32 Å². The molecule has 2 atom stereocenters. The fourth-order valence-corrected chi connectivity index (χ4v) is 2.73. The van der Waals surface area contributed by atoms with Crippen molar-refractivity contribution in [1.82, 2.24) is 5.32 Å². The Labute approximate surface area is 115 Å². The van der Waals surface area contributed by atoms with Crippen molar-refractivity contribution in [2.45, 2.75) is 52.0 Å². The van der Waals surface area contributed by atoms with Crippen molar-refractivity contribution >= 4 is 5.91 Å². The summed E-state index contributed by atoms with van der Waals surface area (Å²) in [5.41, 5.74) is 1.33. The van der Waals surface area contributed by atoms with Gasteiger partial charge in [-0.2, -0.15) is 0 Å². The van der Waals surface area contributed by atoms with Crippen LogP contribution in [-0.2, 0) is 0 Å². The van der Waals surface area contributed by atoms with Crippen molar-refractivity contribution in [3.05, 3.63) is 29.3 Å². The first kappa shape index (κ1) is 13.9. The van der Waals surface area contributed by atoms with Crippen molar-refractivity contribution in [3.8, 4) is 5.75 Å². The highest BCUT2D eigenvalue weighted by Crippen LogP contribution is 2.24. The number of amides is 1. The molecule has 3 nitrogen and oxygen atoms in total. The number of carbonyl (C=O) groups is 1. The fourth-order valence-electron chi connectivity index (χ4n) is 2.73. The second kappa shape index (κ2) is 6.09. The van der Waals surface area contributed by atoms with Crippen molar-refractivity contribution in [2.24, 2.45) is 5.92 Å². The van der Waals surface area contributed by atoms with Gasteiger partial charge in [-0.05, 0) is 49.8 Å². The van der Waals surface area contributed by atoms with Crippen LogP contribution in [0.15, 0.2) is 18.2 Å². The van der Waals surface area contributed by atoms with Crippen molar-refractivity contribution in [3.63, 3.8) is 0 Å². The van der Waals surface area contributed by atoms with Gasteiger partial charge in [0.15, 0.2) is 0 Å². The molecular weight excluding hydrogens is 238 g/mol. The number of benzene rings is 1. The molecule has 0 radical (unpaired) electrons. The zero-order valence-corrected chi connectivity index (χ0v) is 11.8. The minimum atomic E-state index is -0.156. The van der Waals surface area contributed by atoms with E-state index in [0.29, 0.717) is 5.56 Å². The summed E-state index contributed by atoms with van der Waals surface area (Å²) in [4.78, 5) is 12.2. The Balaban J connectivity index is 2.00. The highest BCUT2D eigenvalue weighted by atomic mass is 16.3. The quantitative estimate of drug-likeness (QED) is 0.802. The highest BCUT2D eigenvalue weighted by molar-refractivity contribution is 5.97. The first-order valence-corrected chi connectivity index (χ1v) is 7.16. The zero-order valence-electron chi connectivity index (χ0n) is 11.8. The zero-order chi connectivity index (χ0) is 13.8. The Hall–Kier alpha value is -1.51. The van der Waals surface area contributed by atoms with E-state index in [4.69, 9.17) is 0 Å². The first-order valence-electron chi connectivity index (χ1n) is 7.16. The van der Waals surface area contributed by atoms with Gasteiger partial charge in [-0.1, -0.05) is 25.8 Å².